The highest BCUT2D eigenvalue weighted by Crippen LogP contribution is 2.42. The van der Waals surface area contributed by atoms with Crippen molar-refractivity contribution in [3.05, 3.63) is 78.4 Å². The molecule has 4 rings (SSSR count). The molecule has 0 saturated carbocycles. The van der Waals surface area contributed by atoms with Gasteiger partial charge in [-0.2, -0.15) is 0 Å². The lowest BCUT2D eigenvalue weighted by molar-refractivity contribution is 0.378. The Bertz CT molecular complexity index is 1140. The zero-order valence-electron chi connectivity index (χ0n) is 20.5. The van der Waals surface area contributed by atoms with Crippen LogP contribution in [0.3, 0.4) is 0 Å². The van der Waals surface area contributed by atoms with Crippen LogP contribution in [0.1, 0.15) is 53.5 Å². The summed E-state index contributed by atoms with van der Waals surface area (Å²) in [7, 11) is 0. The van der Waals surface area contributed by atoms with Gasteiger partial charge in [-0.15, -0.1) is 0 Å². The summed E-state index contributed by atoms with van der Waals surface area (Å²) in [4.78, 5) is 0. The van der Waals surface area contributed by atoms with Crippen molar-refractivity contribution in [2.75, 3.05) is 11.9 Å². The van der Waals surface area contributed by atoms with Crippen LogP contribution in [0.5, 0.6) is 0 Å². The summed E-state index contributed by atoms with van der Waals surface area (Å²) >= 11 is 0. The second kappa shape index (κ2) is 8.62. The topological polar surface area (TPSA) is 12.0 Å². The second-order valence-corrected chi connectivity index (χ2v) is 11.5. The fraction of sp³-hybridized carbons (Fsp3) is 0.355. The summed E-state index contributed by atoms with van der Waals surface area (Å²) in [6, 6.07) is 26.8. The van der Waals surface area contributed by atoms with Crippen LogP contribution in [-0.2, 0) is 6.42 Å². The van der Waals surface area contributed by atoms with E-state index in [2.05, 4.69) is 120 Å². The van der Waals surface area contributed by atoms with E-state index in [1.165, 1.54) is 43.9 Å². The number of hydrogen-bond acceptors (Lipinski definition) is 1. The molecule has 0 amide bonds. The van der Waals surface area contributed by atoms with Gasteiger partial charge in [0.1, 0.15) is 0 Å². The van der Waals surface area contributed by atoms with Crippen LogP contribution in [0, 0.1) is 10.8 Å². The molecule has 0 fully saturated rings. The molecule has 4 aromatic carbocycles. The van der Waals surface area contributed by atoms with Crippen molar-refractivity contribution in [1.82, 2.24) is 0 Å². The summed E-state index contributed by atoms with van der Waals surface area (Å²) in [5.74, 6) is 0. The number of anilines is 1. The molecule has 0 heterocycles. The van der Waals surface area contributed by atoms with Crippen LogP contribution in [0.2, 0.25) is 0 Å². The Hall–Kier alpha value is -2.80. The molecule has 0 radical (unpaired) electrons. The Labute approximate surface area is 193 Å². The van der Waals surface area contributed by atoms with Crippen LogP contribution < -0.4 is 5.32 Å². The Morgan fingerprint density at radius 2 is 1.16 bits per heavy atom. The summed E-state index contributed by atoms with van der Waals surface area (Å²) in [5, 5.41) is 9.06. The van der Waals surface area contributed by atoms with Crippen molar-refractivity contribution < 1.29 is 0 Å². The lowest BCUT2D eigenvalue weighted by Crippen LogP contribution is -2.19. The van der Waals surface area contributed by atoms with Gasteiger partial charge in [-0.1, -0.05) is 108 Å². The SMILES string of the molecule is CC(C)(C)CCc1ccc2ccccc2c1-c1c(NCC(C)(C)C)ccc2ccccc12. The number of aryl methyl sites for hydroxylation is 1. The van der Waals surface area contributed by atoms with Crippen molar-refractivity contribution in [3.63, 3.8) is 0 Å². The molecule has 0 aliphatic rings. The smallest absolute Gasteiger partial charge is 0.0426 e. The number of rotatable bonds is 5. The Morgan fingerprint density at radius 1 is 0.594 bits per heavy atom. The highest BCUT2D eigenvalue weighted by atomic mass is 14.9. The fourth-order valence-corrected chi connectivity index (χ4v) is 4.38. The van der Waals surface area contributed by atoms with E-state index in [1.807, 2.05) is 0 Å². The summed E-state index contributed by atoms with van der Waals surface area (Å²) in [6.45, 7) is 14.8. The van der Waals surface area contributed by atoms with Crippen LogP contribution in [0.4, 0.5) is 5.69 Å². The predicted molar refractivity (Wildman–Crippen MR) is 143 cm³/mol. The van der Waals surface area contributed by atoms with Gasteiger partial charge in [-0.05, 0) is 62.4 Å². The molecule has 0 unspecified atom stereocenters. The first-order valence-electron chi connectivity index (χ1n) is 11.9. The van der Waals surface area contributed by atoms with Crippen molar-refractivity contribution in [2.45, 2.75) is 54.4 Å². The van der Waals surface area contributed by atoms with E-state index >= 15 is 0 Å². The van der Waals surface area contributed by atoms with E-state index in [0.717, 1.165) is 19.4 Å². The molecule has 4 aromatic rings. The molecular formula is C31H37N. The minimum atomic E-state index is 0.205. The first-order chi connectivity index (χ1) is 15.1. The summed E-state index contributed by atoms with van der Waals surface area (Å²) < 4.78 is 0. The standard InChI is InChI=1S/C31H37N/c1-30(2,3)20-19-24-16-15-22-11-7-9-13-25(22)28(24)29-26-14-10-8-12-23(26)17-18-27(29)32-21-31(4,5)6/h7-18,32H,19-21H2,1-6H3. The van der Waals surface area contributed by atoms with E-state index in [1.54, 1.807) is 0 Å². The van der Waals surface area contributed by atoms with Gasteiger partial charge in [-0.25, -0.2) is 0 Å². The highest BCUT2D eigenvalue weighted by Gasteiger charge is 2.20. The molecule has 1 heteroatoms. The first kappa shape index (κ1) is 22.4. The number of fused-ring (bicyclic) bond motifs is 2. The van der Waals surface area contributed by atoms with E-state index in [-0.39, 0.29) is 5.41 Å². The molecule has 0 bridgehead atoms. The van der Waals surface area contributed by atoms with E-state index in [9.17, 15) is 0 Å². The maximum atomic E-state index is 3.81. The van der Waals surface area contributed by atoms with E-state index < -0.39 is 0 Å². The van der Waals surface area contributed by atoms with Gasteiger partial charge in [0.25, 0.3) is 0 Å². The molecule has 0 aliphatic heterocycles. The quantitative estimate of drug-likeness (QED) is 0.337. The predicted octanol–water partition coefficient (Wildman–Crippen LogP) is 9.10. The van der Waals surface area contributed by atoms with Gasteiger partial charge in [0, 0.05) is 17.8 Å². The Kier molecular flexibility index (Phi) is 6.03. The van der Waals surface area contributed by atoms with Crippen molar-refractivity contribution >= 4 is 27.2 Å². The Balaban J connectivity index is 2.00. The Morgan fingerprint density at radius 3 is 1.75 bits per heavy atom. The van der Waals surface area contributed by atoms with Crippen molar-refractivity contribution in [3.8, 4) is 11.1 Å². The fourth-order valence-electron chi connectivity index (χ4n) is 4.38. The summed E-state index contributed by atoms with van der Waals surface area (Å²) in [6.07, 6.45) is 2.24. The number of nitrogens with one attached hydrogen (secondary N) is 1. The molecule has 0 saturated heterocycles. The zero-order chi connectivity index (χ0) is 22.9. The summed E-state index contributed by atoms with van der Waals surface area (Å²) in [5.41, 5.74) is 5.90. The minimum Gasteiger partial charge on any atom is -0.384 e. The third kappa shape index (κ3) is 4.99. The van der Waals surface area contributed by atoms with Crippen LogP contribution in [-0.4, -0.2) is 6.54 Å². The van der Waals surface area contributed by atoms with Gasteiger partial charge in [0.2, 0.25) is 0 Å². The van der Waals surface area contributed by atoms with Gasteiger partial charge in [-0.3, -0.25) is 0 Å². The lowest BCUT2D eigenvalue weighted by Gasteiger charge is -2.25. The monoisotopic (exact) mass is 423 g/mol. The molecule has 0 spiro atoms. The third-order valence-corrected chi connectivity index (χ3v) is 6.15. The molecule has 1 N–H and O–H groups in total. The molecule has 0 aliphatic carbocycles. The van der Waals surface area contributed by atoms with E-state index in [0.29, 0.717) is 5.41 Å². The molecule has 32 heavy (non-hydrogen) atoms. The maximum absolute atomic E-state index is 3.81. The normalized spacial score (nSPS) is 12.4. The highest BCUT2D eigenvalue weighted by molar-refractivity contribution is 6.10. The molecular weight excluding hydrogens is 386 g/mol. The average molecular weight is 424 g/mol. The van der Waals surface area contributed by atoms with Crippen LogP contribution in [0.15, 0.2) is 72.8 Å². The third-order valence-electron chi connectivity index (χ3n) is 6.15. The molecule has 0 aromatic heterocycles. The molecule has 1 nitrogen and oxygen atoms in total. The van der Waals surface area contributed by atoms with Gasteiger partial charge < -0.3 is 5.32 Å². The molecule has 166 valence electrons. The van der Waals surface area contributed by atoms with Crippen LogP contribution in [0.25, 0.3) is 32.7 Å². The minimum absolute atomic E-state index is 0.205. The second-order valence-electron chi connectivity index (χ2n) is 11.5. The van der Waals surface area contributed by atoms with Gasteiger partial charge >= 0.3 is 0 Å². The van der Waals surface area contributed by atoms with Crippen molar-refractivity contribution in [1.29, 1.82) is 0 Å². The number of hydrogen-bond donors (Lipinski definition) is 1. The number of benzene rings is 4. The van der Waals surface area contributed by atoms with Gasteiger partial charge in [0.15, 0.2) is 0 Å². The van der Waals surface area contributed by atoms with E-state index in [4.69, 9.17) is 0 Å². The van der Waals surface area contributed by atoms with Crippen molar-refractivity contribution in [2.24, 2.45) is 10.8 Å². The van der Waals surface area contributed by atoms with Gasteiger partial charge in [0.05, 0.1) is 0 Å². The average Bonchev–Trinajstić information content (AvgIpc) is 2.74. The molecule has 0 atom stereocenters. The maximum Gasteiger partial charge on any atom is 0.0426 e. The first-order valence-corrected chi connectivity index (χ1v) is 11.9. The van der Waals surface area contributed by atoms with Crippen LogP contribution >= 0.6 is 0 Å². The lowest BCUT2D eigenvalue weighted by atomic mass is 9.83. The largest absolute Gasteiger partial charge is 0.384 e. The zero-order valence-corrected chi connectivity index (χ0v) is 20.5.